The lowest BCUT2D eigenvalue weighted by molar-refractivity contribution is -0.186. The molecule has 1 aliphatic carbocycles. The van der Waals surface area contributed by atoms with E-state index in [1.807, 2.05) is 0 Å². The van der Waals surface area contributed by atoms with Crippen molar-refractivity contribution in [1.82, 2.24) is 9.80 Å². The van der Waals surface area contributed by atoms with Crippen molar-refractivity contribution in [3.8, 4) is 0 Å². The fraction of sp³-hybridized carbons (Fsp3) is 0.818. The molecule has 0 aromatic heterocycles. The fourth-order valence-electron chi connectivity index (χ4n) is 2.39. The van der Waals surface area contributed by atoms with E-state index in [1.54, 1.807) is 4.90 Å². The van der Waals surface area contributed by atoms with Gasteiger partial charge < -0.3 is 9.80 Å². The maximum atomic E-state index is 12.2. The first-order valence-corrected chi connectivity index (χ1v) is 6.02. The van der Waals surface area contributed by atoms with Crippen LogP contribution in [0.2, 0.25) is 0 Å². The number of alkyl halides is 3. The Morgan fingerprint density at radius 3 is 2.00 bits per heavy atom. The van der Waals surface area contributed by atoms with Crippen molar-refractivity contribution in [2.24, 2.45) is 0 Å². The topological polar surface area (TPSA) is 40.6 Å². The minimum Gasteiger partial charge on any atom is -0.339 e. The summed E-state index contributed by atoms with van der Waals surface area (Å²) in [6, 6.07) is 0.240. The Morgan fingerprint density at radius 1 is 1.11 bits per heavy atom. The Kier molecular flexibility index (Phi) is 3.49. The number of carbonyl (C=O) groups is 2. The molecule has 0 atom stereocenters. The van der Waals surface area contributed by atoms with E-state index in [-0.39, 0.29) is 25.2 Å². The molecule has 2 amide bonds. The maximum absolute atomic E-state index is 12.2. The lowest BCUT2D eigenvalue weighted by Crippen LogP contribution is -2.50. The van der Waals surface area contributed by atoms with E-state index in [9.17, 15) is 22.8 Å². The minimum atomic E-state index is -4.80. The number of halogens is 3. The summed E-state index contributed by atoms with van der Waals surface area (Å²) in [7, 11) is 0. The first kappa shape index (κ1) is 13.2. The second kappa shape index (κ2) is 4.78. The molecule has 2 rings (SSSR count). The smallest absolute Gasteiger partial charge is 0.339 e. The molecule has 1 saturated heterocycles. The van der Waals surface area contributed by atoms with Crippen LogP contribution in [-0.2, 0) is 9.59 Å². The van der Waals surface area contributed by atoms with Crippen molar-refractivity contribution in [1.29, 1.82) is 0 Å². The number of rotatable bonds is 3. The van der Waals surface area contributed by atoms with Crippen LogP contribution in [0.4, 0.5) is 13.2 Å². The molecule has 0 N–H and O–H groups in total. The van der Waals surface area contributed by atoms with Gasteiger partial charge in [-0.1, -0.05) is 0 Å². The highest BCUT2D eigenvalue weighted by Crippen LogP contribution is 2.31. The summed E-state index contributed by atoms with van der Waals surface area (Å²) < 4.78 is 36.7. The molecule has 0 aromatic rings. The van der Waals surface area contributed by atoms with Crippen LogP contribution in [0, 0.1) is 0 Å². The third-order valence-electron chi connectivity index (χ3n) is 3.51. The first-order valence-electron chi connectivity index (χ1n) is 6.02. The molecular formula is C11H15F3N2O2. The number of hydrogen-bond acceptors (Lipinski definition) is 2. The summed E-state index contributed by atoms with van der Waals surface area (Å²) in [6.07, 6.45) is -1.22. The zero-order valence-corrected chi connectivity index (χ0v) is 9.82. The SMILES string of the molecule is O=CN(C1CC1)C1CCN(C(=O)C(F)(F)F)CC1. The zero-order chi connectivity index (χ0) is 13.3. The maximum Gasteiger partial charge on any atom is 0.471 e. The van der Waals surface area contributed by atoms with Gasteiger partial charge in [0.25, 0.3) is 0 Å². The Balaban J connectivity index is 1.87. The Morgan fingerprint density at radius 2 is 1.61 bits per heavy atom. The number of amides is 2. The summed E-state index contributed by atoms with van der Waals surface area (Å²) >= 11 is 0. The van der Waals surface area contributed by atoms with E-state index in [2.05, 4.69) is 0 Å². The van der Waals surface area contributed by atoms with Gasteiger partial charge in [-0.05, 0) is 25.7 Å². The van der Waals surface area contributed by atoms with Gasteiger partial charge >= 0.3 is 12.1 Å². The van der Waals surface area contributed by atoms with E-state index in [0.717, 1.165) is 24.2 Å². The van der Waals surface area contributed by atoms with Gasteiger partial charge in [-0.3, -0.25) is 9.59 Å². The monoisotopic (exact) mass is 264 g/mol. The minimum absolute atomic E-state index is 0.0210. The molecule has 7 heteroatoms. The van der Waals surface area contributed by atoms with Crippen LogP contribution >= 0.6 is 0 Å². The molecule has 18 heavy (non-hydrogen) atoms. The predicted molar refractivity (Wildman–Crippen MR) is 56.6 cm³/mol. The molecule has 0 unspecified atom stereocenters. The summed E-state index contributed by atoms with van der Waals surface area (Å²) in [5.41, 5.74) is 0. The van der Waals surface area contributed by atoms with Crippen molar-refractivity contribution < 1.29 is 22.8 Å². The normalized spacial score (nSPS) is 21.8. The average Bonchev–Trinajstić information content (AvgIpc) is 3.13. The number of likely N-dealkylation sites (tertiary alicyclic amines) is 1. The van der Waals surface area contributed by atoms with Crippen molar-refractivity contribution in [3.05, 3.63) is 0 Å². The van der Waals surface area contributed by atoms with Gasteiger partial charge in [0.2, 0.25) is 6.41 Å². The van der Waals surface area contributed by atoms with E-state index in [1.165, 1.54) is 0 Å². The lowest BCUT2D eigenvalue weighted by atomic mass is 10.0. The highest BCUT2D eigenvalue weighted by Gasteiger charge is 2.44. The second-order valence-electron chi connectivity index (χ2n) is 4.80. The second-order valence-corrected chi connectivity index (χ2v) is 4.80. The quantitative estimate of drug-likeness (QED) is 0.718. The summed E-state index contributed by atoms with van der Waals surface area (Å²) in [4.78, 5) is 24.5. The molecule has 1 heterocycles. The number of piperidine rings is 1. The molecule has 0 radical (unpaired) electrons. The van der Waals surface area contributed by atoms with Crippen molar-refractivity contribution >= 4 is 12.3 Å². The number of carbonyl (C=O) groups excluding carboxylic acids is 2. The molecular weight excluding hydrogens is 249 g/mol. The lowest BCUT2D eigenvalue weighted by Gasteiger charge is -2.37. The highest BCUT2D eigenvalue weighted by molar-refractivity contribution is 5.81. The third kappa shape index (κ3) is 2.76. The van der Waals surface area contributed by atoms with E-state index in [0.29, 0.717) is 12.8 Å². The van der Waals surface area contributed by atoms with Gasteiger partial charge in [0.15, 0.2) is 0 Å². The third-order valence-corrected chi connectivity index (χ3v) is 3.51. The van der Waals surface area contributed by atoms with Gasteiger partial charge in [-0.25, -0.2) is 0 Å². The molecule has 0 spiro atoms. The molecule has 0 bridgehead atoms. The van der Waals surface area contributed by atoms with Crippen molar-refractivity contribution in [2.45, 2.75) is 43.9 Å². The van der Waals surface area contributed by atoms with Crippen LogP contribution in [0.3, 0.4) is 0 Å². The fourth-order valence-corrected chi connectivity index (χ4v) is 2.39. The van der Waals surface area contributed by atoms with Crippen LogP contribution in [0.5, 0.6) is 0 Å². The highest BCUT2D eigenvalue weighted by atomic mass is 19.4. The zero-order valence-electron chi connectivity index (χ0n) is 9.82. The Labute approximate surface area is 103 Å². The molecule has 0 aromatic carbocycles. The summed E-state index contributed by atoms with van der Waals surface area (Å²) in [6.45, 7) is 0.139. The van der Waals surface area contributed by atoms with Crippen molar-refractivity contribution in [3.63, 3.8) is 0 Å². The van der Waals surface area contributed by atoms with E-state index < -0.39 is 12.1 Å². The molecule has 2 fully saturated rings. The molecule has 2 aliphatic rings. The molecule has 1 aliphatic heterocycles. The largest absolute Gasteiger partial charge is 0.471 e. The summed E-state index contributed by atoms with van der Waals surface area (Å²) in [5.74, 6) is -1.77. The van der Waals surface area contributed by atoms with Crippen LogP contribution in [0.1, 0.15) is 25.7 Å². The van der Waals surface area contributed by atoms with Gasteiger partial charge in [0, 0.05) is 25.2 Å². The van der Waals surface area contributed by atoms with Gasteiger partial charge in [0.1, 0.15) is 0 Å². The molecule has 4 nitrogen and oxygen atoms in total. The van der Waals surface area contributed by atoms with Crippen LogP contribution in [0.15, 0.2) is 0 Å². The predicted octanol–water partition coefficient (Wildman–Crippen LogP) is 1.16. The average molecular weight is 264 g/mol. The number of nitrogens with zero attached hydrogens (tertiary/aromatic N) is 2. The van der Waals surface area contributed by atoms with Gasteiger partial charge in [0.05, 0.1) is 0 Å². The first-order chi connectivity index (χ1) is 8.43. The van der Waals surface area contributed by atoms with Crippen LogP contribution in [-0.4, -0.2) is 53.5 Å². The molecule has 102 valence electrons. The van der Waals surface area contributed by atoms with Gasteiger partial charge in [-0.15, -0.1) is 0 Å². The molecule has 1 saturated carbocycles. The number of hydrogen-bond donors (Lipinski definition) is 0. The Bertz CT molecular complexity index is 334. The van der Waals surface area contributed by atoms with Gasteiger partial charge in [-0.2, -0.15) is 13.2 Å². The van der Waals surface area contributed by atoms with Crippen LogP contribution in [0.25, 0.3) is 0 Å². The van der Waals surface area contributed by atoms with E-state index >= 15 is 0 Å². The van der Waals surface area contributed by atoms with E-state index in [4.69, 9.17) is 0 Å². The van der Waals surface area contributed by atoms with Crippen molar-refractivity contribution in [2.75, 3.05) is 13.1 Å². The Hall–Kier alpha value is -1.27. The van der Waals surface area contributed by atoms with Crippen LogP contribution < -0.4 is 0 Å². The summed E-state index contributed by atoms with van der Waals surface area (Å²) in [5, 5.41) is 0. The standard InChI is InChI=1S/C11H15F3N2O2/c12-11(13,14)10(18)15-5-3-9(4-6-15)16(7-17)8-1-2-8/h7-9H,1-6H2.